The number of benzene rings is 2. The van der Waals surface area contributed by atoms with Crippen LogP contribution in [0.25, 0.3) is 10.9 Å². The summed E-state index contributed by atoms with van der Waals surface area (Å²) in [6, 6.07) is 11.6. The molecule has 140 valence electrons. The fourth-order valence-electron chi connectivity index (χ4n) is 2.59. The second-order valence-corrected chi connectivity index (χ2v) is 5.83. The van der Waals surface area contributed by atoms with Crippen LogP contribution in [0.2, 0.25) is 0 Å². The van der Waals surface area contributed by atoms with Gasteiger partial charge in [0.1, 0.15) is 0 Å². The number of fused-ring (bicyclic) bond motifs is 1. The molecule has 0 fully saturated rings. The summed E-state index contributed by atoms with van der Waals surface area (Å²) in [6.45, 7) is 1.29. The molecule has 0 saturated heterocycles. The van der Waals surface area contributed by atoms with Gasteiger partial charge in [0.15, 0.2) is 6.10 Å². The summed E-state index contributed by atoms with van der Waals surface area (Å²) in [4.78, 5) is 27.4. The van der Waals surface area contributed by atoms with Gasteiger partial charge in [-0.3, -0.25) is 4.79 Å². The Morgan fingerprint density at radius 3 is 2.48 bits per heavy atom. The highest BCUT2D eigenvalue weighted by Crippen LogP contribution is 2.34. The van der Waals surface area contributed by atoms with Crippen LogP contribution in [0.4, 0.5) is 18.9 Å². The number of nitrogens with one attached hydrogen (secondary N) is 2. The van der Waals surface area contributed by atoms with Crippen LogP contribution in [0, 0.1) is 0 Å². The van der Waals surface area contributed by atoms with Crippen LogP contribution < -0.4 is 5.32 Å². The first-order valence-electron chi connectivity index (χ1n) is 8.01. The van der Waals surface area contributed by atoms with Gasteiger partial charge in [-0.2, -0.15) is 13.2 Å². The van der Waals surface area contributed by atoms with Gasteiger partial charge in [-0.1, -0.05) is 30.3 Å². The Balaban J connectivity index is 1.72. The quantitative estimate of drug-likeness (QED) is 0.664. The molecule has 5 nitrogen and oxygen atoms in total. The van der Waals surface area contributed by atoms with Crippen molar-refractivity contribution < 1.29 is 27.5 Å². The fraction of sp³-hybridized carbons (Fsp3) is 0.158. The number of aromatic nitrogens is 1. The Morgan fingerprint density at radius 2 is 1.74 bits per heavy atom. The molecule has 0 aliphatic carbocycles. The van der Waals surface area contributed by atoms with Gasteiger partial charge < -0.3 is 15.0 Å². The molecule has 0 aliphatic heterocycles. The Kier molecular flexibility index (Phi) is 4.89. The molecule has 3 rings (SSSR count). The number of carbonyl (C=O) groups excluding carboxylic acids is 2. The summed E-state index contributed by atoms with van der Waals surface area (Å²) in [7, 11) is 0. The first-order chi connectivity index (χ1) is 12.8. The van der Waals surface area contributed by atoms with E-state index < -0.39 is 35.4 Å². The van der Waals surface area contributed by atoms with Crippen LogP contribution in [0.1, 0.15) is 22.8 Å². The number of anilines is 1. The average Bonchev–Trinajstić information content (AvgIpc) is 3.05. The zero-order valence-electron chi connectivity index (χ0n) is 14.1. The van der Waals surface area contributed by atoms with Gasteiger partial charge in [-0.05, 0) is 25.1 Å². The van der Waals surface area contributed by atoms with Crippen LogP contribution in [-0.2, 0) is 15.7 Å². The van der Waals surface area contributed by atoms with Crippen LogP contribution in [0.3, 0.4) is 0 Å². The van der Waals surface area contributed by atoms with E-state index in [1.807, 2.05) is 0 Å². The Bertz CT molecular complexity index is 995. The van der Waals surface area contributed by atoms with Gasteiger partial charge in [0.2, 0.25) is 0 Å². The van der Waals surface area contributed by atoms with E-state index >= 15 is 0 Å². The minimum atomic E-state index is -4.62. The van der Waals surface area contributed by atoms with E-state index in [4.69, 9.17) is 4.74 Å². The van der Waals surface area contributed by atoms with Crippen molar-refractivity contribution in [2.75, 3.05) is 5.32 Å². The average molecular weight is 376 g/mol. The third-order valence-corrected chi connectivity index (χ3v) is 3.95. The van der Waals surface area contributed by atoms with E-state index in [9.17, 15) is 22.8 Å². The highest BCUT2D eigenvalue weighted by molar-refractivity contribution is 6.05. The Morgan fingerprint density at radius 1 is 1.07 bits per heavy atom. The zero-order valence-corrected chi connectivity index (χ0v) is 14.1. The molecule has 2 aromatic carbocycles. The maximum Gasteiger partial charge on any atom is 0.418 e. The predicted molar refractivity (Wildman–Crippen MR) is 93.2 cm³/mol. The van der Waals surface area contributed by atoms with E-state index in [0.717, 1.165) is 17.6 Å². The molecule has 8 heteroatoms. The number of ether oxygens (including phenoxy) is 1. The van der Waals surface area contributed by atoms with Crippen LogP contribution in [-0.4, -0.2) is 23.0 Å². The van der Waals surface area contributed by atoms with E-state index in [2.05, 4.69) is 10.3 Å². The zero-order chi connectivity index (χ0) is 19.6. The molecule has 1 atom stereocenters. The smallest absolute Gasteiger partial charge is 0.418 e. The SMILES string of the molecule is C[C@@H](OC(=O)c1c[nH]c2ccccc12)C(=O)Nc1ccccc1C(F)(F)F. The Hall–Kier alpha value is -3.29. The Labute approximate surface area is 152 Å². The van der Waals surface area contributed by atoms with Crippen molar-refractivity contribution in [2.24, 2.45) is 0 Å². The van der Waals surface area contributed by atoms with Crippen LogP contribution >= 0.6 is 0 Å². The molecule has 0 radical (unpaired) electrons. The molecule has 1 heterocycles. The number of halogens is 3. The predicted octanol–water partition coefficient (Wildman–Crippen LogP) is 4.37. The molecule has 0 unspecified atom stereocenters. The number of hydrogen-bond donors (Lipinski definition) is 2. The molecule has 0 spiro atoms. The summed E-state index contributed by atoms with van der Waals surface area (Å²) in [5.74, 6) is -1.61. The lowest BCUT2D eigenvalue weighted by atomic mass is 10.1. The fourth-order valence-corrected chi connectivity index (χ4v) is 2.59. The van der Waals surface area contributed by atoms with Crippen molar-refractivity contribution in [3.63, 3.8) is 0 Å². The molecule has 1 aromatic heterocycles. The first kappa shape index (κ1) is 18.5. The number of para-hydroxylation sites is 2. The standard InChI is InChI=1S/C19H15F3N2O3/c1-11(17(25)24-16-9-5-3-7-14(16)19(20,21)22)27-18(26)13-10-23-15-8-4-2-6-12(13)15/h2-11,23H,1H3,(H,24,25)/t11-/m1/s1. The maximum absolute atomic E-state index is 13.0. The van der Waals surface area contributed by atoms with Gasteiger partial charge in [-0.15, -0.1) is 0 Å². The number of carbonyl (C=O) groups is 2. The highest BCUT2D eigenvalue weighted by atomic mass is 19.4. The minimum absolute atomic E-state index is 0.237. The van der Waals surface area contributed by atoms with Gasteiger partial charge in [-0.25, -0.2) is 4.79 Å². The molecule has 1 amide bonds. The second-order valence-electron chi connectivity index (χ2n) is 5.83. The van der Waals surface area contributed by atoms with Crippen molar-refractivity contribution in [2.45, 2.75) is 19.2 Å². The third kappa shape index (κ3) is 3.94. The normalized spacial score (nSPS) is 12.6. The lowest BCUT2D eigenvalue weighted by Gasteiger charge is -2.16. The molecule has 0 aliphatic rings. The monoisotopic (exact) mass is 376 g/mol. The summed E-state index contributed by atoms with van der Waals surface area (Å²) in [6.07, 6.45) is -4.45. The van der Waals surface area contributed by atoms with Crippen molar-refractivity contribution in [3.05, 3.63) is 65.9 Å². The van der Waals surface area contributed by atoms with Gasteiger partial charge in [0.05, 0.1) is 16.8 Å². The van der Waals surface area contributed by atoms with E-state index in [1.165, 1.54) is 25.3 Å². The lowest BCUT2D eigenvalue weighted by Crippen LogP contribution is -2.30. The van der Waals surface area contributed by atoms with Crippen LogP contribution in [0.15, 0.2) is 54.7 Å². The summed E-state index contributed by atoms with van der Waals surface area (Å²) in [5, 5.41) is 2.78. The van der Waals surface area contributed by atoms with Crippen LogP contribution in [0.5, 0.6) is 0 Å². The highest BCUT2D eigenvalue weighted by Gasteiger charge is 2.34. The number of esters is 1. The number of H-pyrrole nitrogens is 1. The number of aromatic amines is 1. The topological polar surface area (TPSA) is 71.2 Å². The maximum atomic E-state index is 13.0. The van der Waals surface area contributed by atoms with Gasteiger partial charge >= 0.3 is 12.1 Å². The van der Waals surface area contributed by atoms with Crippen molar-refractivity contribution in [1.82, 2.24) is 4.98 Å². The summed E-state index contributed by atoms with van der Waals surface area (Å²) < 4.78 is 44.1. The lowest BCUT2D eigenvalue weighted by molar-refractivity contribution is -0.137. The number of alkyl halides is 3. The van der Waals surface area contributed by atoms with Crippen molar-refractivity contribution >= 4 is 28.5 Å². The summed E-state index contributed by atoms with van der Waals surface area (Å²) >= 11 is 0. The van der Waals surface area contributed by atoms with Crippen molar-refractivity contribution in [3.8, 4) is 0 Å². The molecular weight excluding hydrogens is 361 g/mol. The molecular formula is C19H15F3N2O3. The number of rotatable bonds is 4. The summed E-state index contributed by atoms with van der Waals surface area (Å²) in [5.41, 5.74) is -0.417. The molecule has 0 saturated carbocycles. The van der Waals surface area contributed by atoms with E-state index in [1.54, 1.807) is 24.3 Å². The van der Waals surface area contributed by atoms with E-state index in [-0.39, 0.29) is 5.56 Å². The number of hydrogen-bond acceptors (Lipinski definition) is 3. The number of amides is 1. The first-order valence-corrected chi connectivity index (χ1v) is 8.01. The molecule has 2 N–H and O–H groups in total. The van der Waals surface area contributed by atoms with Crippen molar-refractivity contribution in [1.29, 1.82) is 0 Å². The van der Waals surface area contributed by atoms with E-state index in [0.29, 0.717) is 5.39 Å². The molecule has 0 bridgehead atoms. The molecule has 27 heavy (non-hydrogen) atoms. The molecule has 3 aromatic rings. The van der Waals surface area contributed by atoms with Gasteiger partial charge in [0.25, 0.3) is 5.91 Å². The third-order valence-electron chi connectivity index (χ3n) is 3.95. The largest absolute Gasteiger partial charge is 0.449 e. The second kappa shape index (κ2) is 7.14. The van der Waals surface area contributed by atoms with Gasteiger partial charge in [0, 0.05) is 17.1 Å². The minimum Gasteiger partial charge on any atom is -0.449 e.